The summed E-state index contributed by atoms with van der Waals surface area (Å²) in [5.74, 6) is 0. The van der Waals surface area contributed by atoms with E-state index in [4.69, 9.17) is 5.11 Å². The van der Waals surface area contributed by atoms with Gasteiger partial charge in [-0.3, -0.25) is 0 Å². The summed E-state index contributed by atoms with van der Waals surface area (Å²) >= 11 is 1.76. The number of hydrogen-bond acceptors (Lipinski definition) is 3. The normalized spacial score (nSPS) is 10.6. The van der Waals surface area contributed by atoms with Gasteiger partial charge in [-0.15, -0.1) is 11.8 Å². The summed E-state index contributed by atoms with van der Waals surface area (Å²) in [5.41, 5.74) is 3.45. The standard InChI is InChI=1S/C16H19NOS/c1-19-16-7-5-13(6-8-16)10-17-11-14-3-2-4-15(9-14)12-18/h2-9,17-18H,10-12H2,1H3. The molecular formula is C16H19NOS. The van der Waals surface area contributed by atoms with Crippen molar-refractivity contribution in [1.82, 2.24) is 5.32 Å². The molecule has 0 saturated carbocycles. The molecular weight excluding hydrogens is 254 g/mol. The van der Waals surface area contributed by atoms with Crippen molar-refractivity contribution in [3.63, 3.8) is 0 Å². The van der Waals surface area contributed by atoms with E-state index in [1.165, 1.54) is 16.0 Å². The molecule has 3 heteroatoms. The average molecular weight is 273 g/mol. The second-order valence-electron chi connectivity index (χ2n) is 4.43. The van der Waals surface area contributed by atoms with Crippen molar-refractivity contribution >= 4 is 11.8 Å². The molecule has 2 aromatic carbocycles. The third-order valence-corrected chi connectivity index (χ3v) is 3.73. The molecule has 0 heterocycles. The molecule has 0 bridgehead atoms. The lowest BCUT2D eigenvalue weighted by molar-refractivity contribution is 0.281. The van der Waals surface area contributed by atoms with Crippen LogP contribution < -0.4 is 5.32 Å². The minimum atomic E-state index is 0.101. The lowest BCUT2D eigenvalue weighted by atomic mass is 10.1. The van der Waals surface area contributed by atoms with Gasteiger partial charge in [-0.25, -0.2) is 0 Å². The smallest absolute Gasteiger partial charge is 0.0681 e. The number of nitrogens with one attached hydrogen (secondary N) is 1. The van der Waals surface area contributed by atoms with E-state index in [9.17, 15) is 0 Å². The lowest BCUT2D eigenvalue weighted by Crippen LogP contribution is -2.12. The first-order chi connectivity index (χ1) is 9.31. The van der Waals surface area contributed by atoms with Crippen LogP contribution in [0.2, 0.25) is 0 Å². The third-order valence-electron chi connectivity index (χ3n) is 2.99. The third kappa shape index (κ3) is 4.39. The van der Waals surface area contributed by atoms with E-state index in [0.29, 0.717) is 0 Å². The summed E-state index contributed by atoms with van der Waals surface area (Å²) < 4.78 is 0. The van der Waals surface area contributed by atoms with Crippen LogP contribution in [0.1, 0.15) is 16.7 Å². The highest BCUT2D eigenvalue weighted by Gasteiger charge is 1.97. The van der Waals surface area contributed by atoms with Crippen molar-refractivity contribution in [1.29, 1.82) is 0 Å². The van der Waals surface area contributed by atoms with Gasteiger partial charge in [-0.1, -0.05) is 36.4 Å². The molecule has 0 fully saturated rings. The molecule has 19 heavy (non-hydrogen) atoms. The second-order valence-corrected chi connectivity index (χ2v) is 5.31. The summed E-state index contributed by atoms with van der Waals surface area (Å²) in [7, 11) is 0. The number of rotatable bonds is 6. The van der Waals surface area contributed by atoms with Gasteiger partial charge >= 0.3 is 0 Å². The van der Waals surface area contributed by atoms with Crippen LogP contribution in [0.3, 0.4) is 0 Å². The summed E-state index contributed by atoms with van der Waals surface area (Å²) in [5, 5.41) is 12.5. The fourth-order valence-electron chi connectivity index (χ4n) is 1.93. The van der Waals surface area contributed by atoms with Gasteiger partial charge < -0.3 is 10.4 Å². The number of thioether (sulfide) groups is 1. The Morgan fingerprint density at radius 3 is 2.32 bits per heavy atom. The molecule has 0 unspecified atom stereocenters. The van der Waals surface area contributed by atoms with Crippen molar-refractivity contribution in [2.45, 2.75) is 24.6 Å². The Labute approximate surface area is 118 Å². The molecule has 0 aliphatic carbocycles. The predicted molar refractivity (Wildman–Crippen MR) is 81.1 cm³/mol. The zero-order valence-electron chi connectivity index (χ0n) is 11.1. The van der Waals surface area contributed by atoms with Gasteiger partial charge in [0, 0.05) is 18.0 Å². The van der Waals surface area contributed by atoms with Crippen molar-refractivity contribution in [2.75, 3.05) is 6.26 Å². The quantitative estimate of drug-likeness (QED) is 0.793. The van der Waals surface area contributed by atoms with Crippen LogP contribution >= 0.6 is 11.8 Å². The highest BCUT2D eigenvalue weighted by atomic mass is 32.2. The maximum atomic E-state index is 9.09. The molecule has 0 aliphatic heterocycles. The molecule has 2 nitrogen and oxygen atoms in total. The molecule has 0 amide bonds. The molecule has 0 radical (unpaired) electrons. The summed E-state index contributed by atoms with van der Waals surface area (Å²) in [4.78, 5) is 1.29. The van der Waals surface area contributed by atoms with Crippen LogP contribution in [0.15, 0.2) is 53.4 Å². The van der Waals surface area contributed by atoms with Crippen LogP contribution in [0.25, 0.3) is 0 Å². The van der Waals surface area contributed by atoms with Crippen LogP contribution in [0.4, 0.5) is 0 Å². The Bertz CT molecular complexity index is 510. The maximum Gasteiger partial charge on any atom is 0.0681 e. The van der Waals surface area contributed by atoms with Crippen LogP contribution in [-0.4, -0.2) is 11.4 Å². The van der Waals surface area contributed by atoms with Gasteiger partial charge in [0.25, 0.3) is 0 Å². The highest BCUT2D eigenvalue weighted by Crippen LogP contribution is 2.14. The van der Waals surface area contributed by atoms with Crippen molar-refractivity contribution < 1.29 is 5.11 Å². The molecule has 0 aliphatic rings. The molecule has 2 aromatic rings. The minimum Gasteiger partial charge on any atom is -0.392 e. The SMILES string of the molecule is CSc1ccc(CNCc2cccc(CO)c2)cc1. The fourth-order valence-corrected chi connectivity index (χ4v) is 2.34. The Morgan fingerprint density at radius 1 is 0.947 bits per heavy atom. The van der Waals surface area contributed by atoms with E-state index >= 15 is 0 Å². The molecule has 2 N–H and O–H groups in total. The Balaban J connectivity index is 1.85. The van der Waals surface area contributed by atoms with Gasteiger partial charge in [0.2, 0.25) is 0 Å². The largest absolute Gasteiger partial charge is 0.392 e. The number of hydrogen-bond donors (Lipinski definition) is 2. The summed E-state index contributed by atoms with van der Waals surface area (Å²) in [6.45, 7) is 1.78. The Kier molecular flexibility index (Phi) is 5.45. The highest BCUT2D eigenvalue weighted by molar-refractivity contribution is 7.98. The summed E-state index contributed by atoms with van der Waals surface area (Å²) in [6.07, 6.45) is 2.08. The van der Waals surface area contributed by atoms with Gasteiger partial charge in [0.1, 0.15) is 0 Å². The number of aliphatic hydroxyl groups is 1. The van der Waals surface area contributed by atoms with Crippen LogP contribution in [-0.2, 0) is 19.7 Å². The van der Waals surface area contributed by atoms with Crippen molar-refractivity contribution in [2.24, 2.45) is 0 Å². The molecule has 0 spiro atoms. The monoisotopic (exact) mass is 273 g/mol. The second kappa shape index (κ2) is 7.34. The van der Waals surface area contributed by atoms with E-state index in [0.717, 1.165) is 18.7 Å². The molecule has 0 saturated heterocycles. The molecule has 100 valence electrons. The lowest BCUT2D eigenvalue weighted by Gasteiger charge is -2.07. The first kappa shape index (κ1) is 14.1. The average Bonchev–Trinajstić information content (AvgIpc) is 2.48. The van der Waals surface area contributed by atoms with Crippen LogP contribution in [0, 0.1) is 0 Å². The van der Waals surface area contributed by atoms with Gasteiger partial charge in [0.05, 0.1) is 6.61 Å². The van der Waals surface area contributed by atoms with E-state index < -0.39 is 0 Å². The minimum absolute atomic E-state index is 0.101. The number of aliphatic hydroxyl groups excluding tert-OH is 1. The van der Waals surface area contributed by atoms with Gasteiger partial charge in [-0.2, -0.15) is 0 Å². The first-order valence-electron chi connectivity index (χ1n) is 6.34. The van der Waals surface area contributed by atoms with Gasteiger partial charge in [-0.05, 0) is 35.1 Å². The van der Waals surface area contributed by atoms with Crippen molar-refractivity contribution in [3.05, 3.63) is 65.2 Å². The van der Waals surface area contributed by atoms with E-state index in [1.807, 2.05) is 18.2 Å². The van der Waals surface area contributed by atoms with E-state index in [2.05, 4.69) is 41.9 Å². The maximum absolute atomic E-state index is 9.09. The Hall–Kier alpha value is -1.29. The van der Waals surface area contributed by atoms with Gasteiger partial charge in [0.15, 0.2) is 0 Å². The molecule has 2 rings (SSSR count). The zero-order chi connectivity index (χ0) is 13.5. The molecule has 0 atom stereocenters. The number of benzene rings is 2. The fraction of sp³-hybridized carbons (Fsp3) is 0.250. The Morgan fingerprint density at radius 2 is 1.63 bits per heavy atom. The summed E-state index contributed by atoms with van der Waals surface area (Å²) in [6, 6.07) is 16.6. The first-order valence-corrected chi connectivity index (χ1v) is 7.56. The van der Waals surface area contributed by atoms with Crippen molar-refractivity contribution in [3.8, 4) is 0 Å². The topological polar surface area (TPSA) is 32.3 Å². The predicted octanol–water partition coefficient (Wildman–Crippen LogP) is 3.19. The van der Waals surface area contributed by atoms with E-state index in [1.54, 1.807) is 11.8 Å². The zero-order valence-corrected chi connectivity index (χ0v) is 11.9. The molecule has 0 aromatic heterocycles. The van der Waals surface area contributed by atoms with E-state index in [-0.39, 0.29) is 6.61 Å². The van der Waals surface area contributed by atoms with Crippen LogP contribution in [0.5, 0.6) is 0 Å².